The second-order valence-corrected chi connectivity index (χ2v) is 7.24. The summed E-state index contributed by atoms with van der Waals surface area (Å²) in [6, 6.07) is 13.4. The zero-order valence-corrected chi connectivity index (χ0v) is 16.1. The van der Waals surface area contributed by atoms with Gasteiger partial charge >= 0.3 is 0 Å². The van der Waals surface area contributed by atoms with Crippen LogP contribution in [0.25, 0.3) is 11.4 Å². The Balaban J connectivity index is 1.81. The van der Waals surface area contributed by atoms with Crippen LogP contribution in [0.15, 0.2) is 72.7 Å². The molecular formula is C20H21N5OS. The quantitative estimate of drug-likeness (QED) is 0.463. The first-order valence-electron chi connectivity index (χ1n) is 8.55. The normalized spacial score (nSPS) is 11.8. The summed E-state index contributed by atoms with van der Waals surface area (Å²) in [6.45, 7) is 6.26. The molecule has 0 bridgehead atoms. The maximum Gasteiger partial charge on any atom is 0.240 e. The number of pyridine rings is 1. The third-order valence-electron chi connectivity index (χ3n) is 4.07. The standard InChI is InChI=1S/C20H21N5OS/c1-4-14-25-18(16-10-12-21-13-11-16)22-23-20(25)27-15(2)19(26)24(3)17-8-6-5-7-9-17/h4-13,15H,1,14H2,2-3H3/t15-/m1/s1. The zero-order valence-electron chi connectivity index (χ0n) is 15.3. The summed E-state index contributed by atoms with van der Waals surface area (Å²) in [6.07, 6.45) is 5.23. The molecule has 0 aliphatic heterocycles. The van der Waals surface area contributed by atoms with Crippen LogP contribution in [-0.2, 0) is 11.3 Å². The van der Waals surface area contributed by atoms with Gasteiger partial charge in [0.05, 0.1) is 5.25 Å². The van der Waals surface area contributed by atoms with Gasteiger partial charge in [-0.2, -0.15) is 0 Å². The van der Waals surface area contributed by atoms with E-state index < -0.39 is 0 Å². The van der Waals surface area contributed by atoms with Gasteiger partial charge in [-0.1, -0.05) is 36.0 Å². The number of hydrogen-bond acceptors (Lipinski definition) is 5. The predicted molar refractivity (Wildman–Crippen MR) is 109 cm³/mol. The molecule has 0 spiro atoms. The molecule has 0 aliphatic carbocycles. The fourth-order valence-corrected chi connectivity index (χ4v) is 3.60. The SMILES string of the molecule is C=CCn1c(S[C@H](C)C(=O)N(C)c2ccccc2)nnc1-c1ccncc1. The molecule has 0 saturated heterocycles. The average molecular weight is 379 g/mol. The van der Waals surface area contributed by atoms with Gasteiger partial charge in [0.1, 0.15) is 0 Å². The van der Waals surface area contributed by atoms with Gasteiger partial charge in [0.25, 0.3) is 0 Å². The van der Waals surface area contributed by atoms with Crippen molar-refractivity contribution in [3.05, 3.63) is 67.5 Å². The van der Waals surface area contributed by atoms with E-state index in [0.29, 0.717) is 11.7 Å². The van der Waals surface area contributed by atoms with E-state index in [4.69, 9.17) is 0 Å². The minimum Gasteiger partial charge on any atom is -0.315 e. The monoisotopic (exact) mass is 379 g/mol. The van der Waals surface area contributed by atoms with E-state index in [1.165, 1.54) is 11.8 Å². The Hall–Kier alpha value is -2.93. The Morgan fingerprint density at radius 2 is 1.93 bits per heavy atom. The molecule has 1 amide bonds. The van der Waals surface area contributed by atoms with Crippen molar-refractivity contribution < 1.29 is 4.79 Å². The van der Waals surface area contributed by atoms with E-state index in [9.17, 15) is 4.79 Å². The molecule has 0 saturated carbocycles. The highest BCUT2D eigenvalue weighted by Crippen LogP contribution is 2.28. The number of hydrogen-bond donors (Lipinski definition) is 0. The predicted octanol–water partition coefficient (Wildman–Crippen LogP) is 3.67. The van der Waals surface area contributed by atoms with Crippen molar-refractivity contribution in [3.8, 4) is 11.4 Å². The van der Waals surface area contributed by atoms with Crippen LogP contribution >= 0.6 is 11.8 Å². The van der Waals surface area contributed by atoms with Gasteiger partial charge in [-0.3, -0.25) is 14.3 Å². The van der Waals surface area contributed by atoms with Gasteiger partial charge < -0.3 is 4.90 Å². The van der Waals surface area contributed by atoms with E-state index in [1.807, 2.05) is 54.0 Å². The summed E-state index contributed by atoms with van der Waals surface area (Å²) in [5, 5.41) is 8.99. The fraction of sp³-hybridized carbons (Fsp3) is 0.200. The first-order chi connectivity index (χ1) is 13.1. The molecule has 0 radical (unpaired) electrons. The number of para-hydroxylation sites is 1. The number of aromatic nitrogens is 4. The molecule has 3 rings (SSSR count). The molecule has 0 unspecified atom stereocenters. The Labute approximate surface area is 163 Å². The number of benzene rings is 1. The summed E-state index contributed by atoms with van der Waals surface area (Å²) < 4.78 is 1.96. The van der Waals surface area contributed by atoms with Crippen molar-refractivity contribution in [2.45, 2.75) is 23.9 Å². The van der Waals surface area contributed by atoms with E-state index in [2.05, 4.69) is 21.8 Å². The maximum atomic E-state index is 12.8. The Morgan fingerprint density at radius 1 is 1.22 bits per heavy atom. The highest BCUT2D eigenvalue weighted by atomic mass is 32.2. The fourth-order valence-electron chi connectivity index (χ4n) is 2.64. The van der Waals surface area contributed by atoms with Crippen molar-refractivity contribution in [1.29, 1.82) is 0 Å². The lowest BCUT2D eigenvalue weighted by Gasteiger charge is -2.21. The molecule has 0 N–H and O–H groups in total. The van der Waals surface area contributed by atoms with Crippen LogP contribution in [-0.4, -0.2) is 38.0 Å². The Kier molecular flexibility index (Phi) is 6.03. The van der Waals surface area contributed by atoms with Crippen LogP contribution < -0.4 is 4.90 Å². The largest absolute Gasteiger partial charge is 0.315 e. The average Bonchev–Trinajstić information content (AvgIpc) is 3.10. The van der Waals surface area contributed by atoms with Crippen molar-refractivity contribution in [3.63, 3.8) is 0 Å². The Morgan fingerprint density at radius 3 is 2.59 bits per heavy atom. The Bertz CT molecular complexity index is 911. The number of rotatable bonds is 7. The summed E-state index contributed by atoms with van der Waals surface area (Å²) in [4.78, 5) is 18.5. The molecule has 1 atom stereocenters. The van der Waals surface area contributed by atoms with E-state index in [1.54, 1.807) is 30.4 Å². The van der Waals surface area contributed by atoms with Gasteiger partial charge in [-0.15, -0.1) is 16.8 Å². The van der Waals surface area contributed by atoms with Gasteiger partial charge in [-0.05, 0) is 31.2 Å². The zero-order chi connectivity index (χ0) is 19.2. The van der Waals surface area contributed by atoms with E-state index in [0.717, 1.165) is 17.1 Å². The van der Waals surface area contributed by atoms with Gasteiger partial charge in [0, 0.05) is 37.2 Å². The molecule has 3 aromatic rings. The van der Waals surface area contributed by atoms with Gasteiger partial charge in [0.15, 0.2) is 11.0 Å². The molecule has 2 aromatic heterocycles. The summed E-state index contributed by atoms with van der Waals surface area (Å²) in [7, 11) is 1.78. The molecular weight excluding hydrogens is 358 g/mol. The van der Waals surface area contributed by atoms with E-state index in [-0.39, 0.29) is 11.2 Å². The summed E-state index contributed by atoms with van der Waals surface area (Å²) >= 11 is 1.39. The van der Waals surface area contributed by atoms with Crippen LogP contribution in [0, 0.1) is 0 Å². The first-order valence-corrected chi connectivity index (χ1v) is 9.43. The van der Waals surface area contributed by atoms with Crippen molar-refractivity contribution >= 4 is 23.4 Å². The lowest BCUT2D eigenvalue weighted by atomic mass is 10.2. The van der Waals surface area contributed by atoms with Crippen LogP contribution in [0.5, 0.6) is 0 Å². The van der Waals surface area contributed by atoms with Crippen LogP contribution in [0.4, 0.5) is 5.69 Å². The topological polar surface area (TPSA) is 63.9 Å². The van der Waals surface area contributed by atoms with Crippen LogP contribution in [0.3, 0.4) is 0 Å². The number of thioether (sulfide) groups is 1. The number of nitrogens with zero attached hydrogens (tertiary/aromatic N) is 5. The minimum absolute atomic E-state index is 0.00446. The number of amides is 1. The molecule has 6 nitrogen and oxygen atoms in total. The molecule has 1 aromatic carbocycles. The van der Waals surface area contributed by atoms with Gasteiger partial charge in [-0.25, -0.2) is 0 Å². The summed E-state index contributed by atoms with van der Waals surface area (Å²) in [5.41, 5.74) is 1.78. The van der Waals surface area contributed by atoms with Crippen LogP contribution in [0.1, 0.15) is 6.92 Å². The number of carbonyl (C=O) groups is 1. The van der Waals surface area contributed by atoms with Crippen LogP contribution in [0.2, 0.25) is 0 Å². The lowest BCUT2D eigenvalue weighted by Crippen LogP contribution is -2.33. The molecule has 2 heterocycles. The second kappa shape index (κ2) is 8.64. The number of anilines is 1. The van der Waals surface area contributed by atoms with Crippen molar-refractivity contribution in [2.75, 3.05) is 11.9 Å². The number of carbonyl (C=O) groups excluding carboxylic acids is 1. The number of allylic oxidation sites excluding steroid dienone is 1. The molecule has 0 fully saturated rings. The lowest BCUT2D eigenvalue weighted by molar-refractivity contribution is -0.117. The molecule has 0 aliphatic rings. The maximum absolute atomic E-state index is 12.8. The van der Waals surface area contributed by atoms with E-state index >= 15 is 0 Å². The van der Waals surface area contributed by atoms with Gasteiger partial charge in [0.2, 0.25) is 5.91 Å². The van der Waals surface area contributed by atoms with Crippen molar-refractivity contribution in [2.24, 2.45) is 0 Å². The third kappa shape index (κ3) is 4.25. The third-order valence-corrected chi connectivity index (χ3v) is 5.14. The molecule has 138 valence electrons. The molecule has 27 heavy (non-hydrogen) atoms. The first kappa shape index (κ1) is 18.8. The second-order valence-electron chi connectivity index (χ2n) is 5.93. The van der Waals surface area contributed by atoms with Crippen molar-refractivity contribution in [1.82, 2.24) is 19.7 Å². The molecule has 7 heteroatoms. The highest BCUT2D eigenvalue weighted by molar-refractivity contribution is 8.00. The summed E-state index contributed by atoms with van der Waals surface area (Å²) in [5.74, 6) is 0.737. The smallest absolute Gasteiger partial charge is 0.240 e. The minimum atomic E-state index is -0.312. The highest BCUT2D eigenvalue weighted by Gasteiger charge is 2.23.